The second kappa shape index (κ2) is 6.37. The lowest BCUT2D eigenvalue weighted by Gasteiger charge is -2.46. The second-order valence-electron chi connectivity index (χ2n) is 4.93. The van der Waals surface area contributed by atoms with Crippen LogP contribution in [-0.4, -0.2) is 51.9 Å². The smallest absolute Gasteiger partial charge is 0.358 e. The molecule has 1 amide bonds. The molecule has 1 aliphatic rings. The molecule has 2 rings (SSSR count). The molecule has 1 aromatic heterocycles. The lowest BCUT2D eigenvalue weighted by molar-refractivity contribution is -0.359. The van der Waals surface area contributed by atoms with Gasteiger partial charge in [-0.05, 0) is 29.8 Å². The molecule has 1 fully saturated rings. The first-order chi connectivity index (χ1) is 10.2. The molecule has 6 nitrogen and oxygen atoms in total. The van der Waals surface area contributed by atoms with E-state index >= 15 is 0 Å². The Hall–Kier alpha value is -1.42. The number of amides is 1. The van der Waals surface area contributed by atoms with Crippen LogP contribution in [0.25, 0.3) is 0 Å². The molecule has 0 aliphatic carbocycles. The largest absolute Gasteiger partial charge is 0.522 e. The van der Waals surface area contributed by atoms with Gasteiger partial charge in [-0.1, -0.05) is 0 Å². The number of halogens is 4. The van der Waals surface area contributed by atoms with Crippen molar-refractivity contribution in [3.8, 4) is 0 Å². The average molecular weight is 383 g/mol. The van der Waals surface area contributed by atoms with E-state index in [1.807, 2.05) is 0 Å². The Labute approximate surface area is 133 Å². The molecule has 1 N–H and O–H groups in total. The van der Waals surface area contributed by atoms with E-state index in [-0.39, 0.29) is 12.5 Å². The van der Waals surface area contributed by atoms with Crippen LogP contribution in [0.3, 0.4) is 0 Å². The van der Waals surface area contributed by atoms with Gasteiger partial charge in [0.2, 0.25) is 5.91 Å². The van der Waals surface area contributed by atoms with Crippen LogP contribution < -0.4 is 5.32 Å². The molecule has 122 valence electrons. The molecule has 0 bridgehead atoms. The van der Waals surface area contributed by atoms with Gasteiger partial charge in [-0.15, -0.1) is 13.2 Å². The van der Waals surface area contributed by atoms with Gasteiger partial charge in [0, 0.05) is 12.6 Å². The molecule has 1 aliphatic heterocycles. The standard InChI is InChI=1S/C12H14BrF3N4O2/c1-6(19-10-3-9(13)17-5-18-10)11(21)20-4-8(7(20)2)22-12(14,15)16/h3,5-8H,4H2,1-2H3,(H,17,18,19)/t6-,7+,8+/m1/s1. The Morgan fingerprint density at radius 3 is 2.77 bits per heavy atom. The monoisotopic (exact) mass is 382 g/mol. The number of anilines is 1. The normalized spacial score (nSPS) is 22.9. The summed E-state index contributed by atoms with van der Waals surface area (Å²) >= 11 is 3.18. The molecule has 3 atom stereocenters. The summed E-state index contributed by atoms with van der Waals surface area (Å²) in [6.45, 7) is 3.05. The van der Waals surface area contributed by atoms with Crippen LogP contribution in [0.15, 0.2) is 17.0 Å². The number of likely N-dealkylation sites (tertiary alicyclic amines) is 1. The molecule has 22 heavy (non-hydrogen) atoms. The summed E-state index contributed by atoms with van der Waals surface area (Å²) in [5, 5.41) is 2.88. The Bertz CT molecular complexity index is 557. The molecule has 0 unspecified atom stereocenters. The number of aromatic nitrogens is 2. The molecule has 1 aromatic rings. The lowest BCUT2D eigenvalue weighted by atomic mass is 10.00. The van der Waals surface area contributed by atoms with Gasteiger partial charge in [-0.25, -0.2) is 9.97 Å². The Morgan fingerprint density at radius 1 is 1.55 bits per heavy atom. The molecule has 0 aromatic carbocycles. The van der Waals surface area contributed by atoms with Crippen molar-refractivity contribution < 1.29 is 22.7 Å². The minimum absolute atomic E-state index is 0.0843. The van der Waals surface area contributed by atoms with E-state index in [0.717, 1.165) is 0 Å². The fourth-order valence-corrected chi connectivity index (χ4v) is 2.43. The first-order valence-electron chi connectivity index (χ1n) is 6.46. The van der Waals surface area contributed by atoms with Gasteiger partial charge in [0.25, 0.3) is 0 Å². The molecule has 1 saturated heterocycles. The average Bonchev–Trinajstić information content (AvgIpc) is 2.41. The van der Waals surface area contributed by atoms with Gasteiger partial charge in [0.05, 0.1) is 6.04 Å². The summed E-state index contributed by atoms with van der Waals surface area (Å²) in [6, 6.07) is 0.338. The van der Waals surface area contributed by atoms with Crippen molar-refractivity contribution in [2.75, 3.05) is 11.9 Å². The predicted molar refractivity (Wildman–Crippen MR) is 74.9 cm³/mol. The van der Waals surface area contributed by atoms with Crippen molar-refractivity contribution in [2.45, 2.75) is 38.4 Å². The SMILES string of the molecule is C[C@@H](Nc1cc(Br)ncn1)C(=O)N1C[C@H](OC(F)(F)F)[C@@H]1C. The van der Waals surface area contributed by atoms with Crippen molar-refractivity contribution in [1.29, 1.82) is 0 Å². The minimum atomic E-state index is -4.69. The quantitative estimate of drug-likeness (QED) is 0.808. The van der Waals surface area contributed by atoms with E-state index in [2.05, 4.69) is 36.0 Å². The van der Waals surface area contributed by atoms with Gasteiger partial charge in [0.15, 0.2) is 0 Å². The van der Waals surface area contributed by atoms with Crippen LogP contribution in [0, 0.1) is 0 Å². The summed E-state index contributed by atoms with van der Waals surface area (Å²) in [6.07, 6.45) is -4.39. The van der Waals surface area contributed by atoms with Crippen molar-refractivity contribution in [2.24, 2.45) is 0 Å². The van der Waals surface area contributed by atoms with Crippen molar-refractivity contribution in [1.82, 2.24) is 14.9 Å². The molecule has 2 heterocycles. The summed E-state index contributed by atoms with van der Waals surface area (Å²) in [5.41, 5.74) is 0. The third kappa shape index (κ3) is 4.07. The molecular weight excluding hydrogens is 369 g/mol. The maximum atomic E-state index is 12.2. The number of alkyl halides is 3. The first-order valence-corrected chi connectivity index (χ1v) is 7.26. The zero-order valence-corrected chi connectivity index (χ0v) is 13.3. The van der Waals surface area contributed by atoms with Gasteiger partial charge >= 0.3 is 6.36 Å². The van der Waals surface area contributed by atoms with E-state index < -0.39 is 24.6 Å². The van der Waals surface area contributed by atoms with Gasteiger partial charge in [-0.2, -0.15) is 0 Å². The number of rotatable bonds is 4. The lowest BCUT2D eigenvalue weighted by Crippen LogP contribution is -2.64. The number of nitrogens with zero attached hydrogens (tertiary/aromatic N) is 3. The molecule has 10 heteroatoms. The van der Waals surface area contributed by atoms with Crippen LogP contribution in [0.1, 0.15) is 13.8 Å². The number of carbonyl (C=O) groups is 1. The fraction of sp³-hybridized carbons (Fsp3) is 0.583. The van der Waals surface area contributed by atoms with Gasteiger partial charge in [0.1, 0.15) is 28.9 Å². The first kappa shape index (κ1) is 16.9. The van der Waals surface area contributed by atoms with E-state index in [1.165, 1.54) is 18.2 Å². The number of hydrogen-bond donors (Lipinski definition) is 1. The highest BCUT2D eigenvalue weighted by Crippen LogP contribution is 2.29. The van der Waals surface area contributed by atoms with Crippen molar-refractivity contribution in [3.05, 3.63) is 17.0 Å². The van der Waals surface area contributed by atoms with Gasteiger partial charge < -0.3 is 10.2 Å². The van der Waals surface area contributed by atoms with E-state index in [9.17, 15) is 18.0 Å². The second-order valence-corrected chi connectivity index (χ2v) is 5.74. The summed E-state index contributed by atoms with van der Waals surface area (Å²) in [5.74, 6) is 0.128. The Balaban J connectivity index is 1.90. The zero-order chi connectivity index (χ0) is 16.5. The molecule has 0 saturated carbocycles. The van der Waals surface area contributed by atoms with Gasteiger partial charge in [-0.3, -0.25) is 9.53 Å². The van der Waals surface area contributed by atoms with Crippen molar-refractivity contribution in [3.63, 3.8) is 0 Å². The third-order valence-electron chi connectivity index (χ3n) is 3.34. The number of ether oxygens (including phenoxy) is 1. The maximum absolute atomic E-state index is 12.2. The molecule has 0 radical (unpaired) electrons. The third-order valence-corrected chi connectivity index (χ3v) is 3.78. The van der Waals surface area contributed by atoms with Crippen LogP contribution in [0.4, 0.5) is 19.0 Å². The number of carbonyl (C=O) groups excluding carboxylic acids is 1. The molecule has 0 spiro atoms. The highest BCUT2D eigenvalue weighted by Gasteiger charge is 2.46. The maximum Gasteiger partial charge on any atom is 0.522 e. The van der Waals surface area contributed by atoms with Crippen LogP contribution in [-0.2, 0) is 9.53 Å². The fourth-order valence-electron chi connectivity index (χ4n) is 2.12. The Kier molecular flexibility index (Phi) is 4.90. The topological polar surface area (TPSA) is 67.4 Å². The van der Waals surface area contributed by atoms with Crippen LogP contribution in [0.2, 0.25) is 0 Å². The van der Waals surface area contributed by atoms with Crippen molar-refractivity contribution >= 4 is 27.7 Å². The molecular formula is C12H14BrF3N4O2. The van der Waals surface area contributed by atoms with E-state index in [4.69, 9.17) is 0 Å². The number of nitrogens with one attached hydrogen (secondary N) is 1. The van der Waals surface area contributed by atoms with Crippen LogP contribution in [0.5, 0.6) is 0 Å². The highest BCUT2D eigenvalue weighted by molar-refractivity contribution is 9.10. The predicted octanol–water partition coefficient (Wildman–Crippen LogP) is 2.18. The van der Waals surface area contributed by atoms with E-state index in [1.54, 1.807) is 13.0 Å². The Morgan fingerprint density at radius 2 is 2.23 bits per heavy atom. The zero-order valence-electron chi connectivity index (χ0n) is 11.8. The number of hydrogen-bond acceptors (Lipinski definition) is 5. The summed E-state index contributed by atoms with van der Waals surface area (Å²) < 4.78 is 41.0. The highest BCUT2D eigenvalue weighted by atomic mass is 79.9. The summed E-state index contributed by atoms with van der Waals surface area (Å²) in [4.78, 5) is 21.4. The summed E-state index contributed by atoms with van der Waals surface area (Å²) in [7, 11) is 0. The van der Waals surface area contributed by atoms with E-state index in [0.29, 0.717) is 10.4 Å². The minimum Gasteiger partial charge on any atom is -0.358 e. The van der Waals surface area contributed by atoms with Crippen LogP contribution >= 0.6 is 15.9 Å².